The monoisotopic (exact) mass is 415 g/mol. The molecule has 0 atom stereocenters. The molecule has 1 spiro atoms. The first-order valence-corrected chi connectivity index (χ1v) is 12.0. The Bertz CT molecular complexity index is 743. The van der Waals surface area contributed by atoms with Gasteiger partial charge >= 0.3 is 0 Å². The number of nitrogens with zero attached hydrogens (tertiary/aromatic N) is 1. The van der Waals surface area contributed by atoms with Crippen LogP contribution in [0.1, 0.15) is 45.4 Å². The second-order valence-corrected chi connectivity index (χ2v) is 10.9. The molecule has 1 aromatic rings. The summed E-state index contributed by atoms with van der Waals surface area (Å²) in [4.78, 5) is 2.20. The average Bonchev–Trinajstić information content (AvgIpc) is 2.57. The lowest BCUT2D eigenvalue weighted by Gasteiger charge is -2.52. The number of hydrogen-bond acceptors (Lipinski definition) is 4. The van der Waals surface area contributed by atoms with Crippen molar-refractivity contribution in [1.29, 1.82) is 0 Å². The maximum atomic E-state index is 13.1. The van der Waals surface area contributed by atoms with Crippen LogP contribution in [0.25, 0.3) is 0 Å². The van der Waals surface area contributed by atoms with Gasteiger partial charge in [0.15, 0.2) is 9.84 Å². The van der Waals surface area contributed by atoms with Crippen LogP contribution in [-0.2, 0) is 9.84 Å². The lowest BCUT2D eigenvalue weighted by Crippen LogP contribution is -2.49. The van der Waals surface area contributed by atoms with Gasteiger partial charge in [-0.1, -0.05) is 0 Å². The van der Waals surface area contributed by atoms with E-state index in [1.54, 1.807) is 24.3 Å². The van der Waals surface area contributed by atoms with Crippen molar-refractivity contribution in [3.63, 3.8) is 0 Å². The van der Waals surface area contributed by atoms with E-state index in [1.807, 2.05) is 4.90 Å². The Morgan fingerprint density at radius 2 is 1.79 bits per heavy atom. The summed E-state index contributed by atoms with van der Waals surface area (Å²) < 4.78 is 54.9. The number of ether oxygens (including phenoxy) is 1. The number of alkyl halides is 2. The highest BCUT2D eigenvalue weighted by molar-refractivity contribution is 7.90. The second-order valence-electron chi connectivity index (χ2n) is 8.85. The Hall–Kier alpha value is -1.21. The summed E-state index contributed by atoms with van der Waals surface area (Å²) in [6.07, 6.45) is 7.81. The van der Waals surface area contributed by atoms with Gasteiger partial charge in [-0.25, -0.2) is 17.2 Å². The van der Waals surface area contributed by atoms with Crippen molar-refractivity contribution < 1.29 is 21.9 Å². The van der Waals surface area contributed by atoms with Crippen molar-refractivity contribution in [2.45, 2.75) is 56.3 Å². The standard InChI is InChI=1S/C21H31F2NO3S/c1-20(22,23)16-24-11-9-21(10-12-24)14-17(15-21)4-3-13-27-18-5-7-19(8-6-18)28(2,25)26/h5-8,17H,3-4,9-16H2,1-2H3. The van der Waals surface area contributed by atoms with Crippen LogP contribution in [0.3, 0.4) is 0 Å². The topological polar surface area (TPSA) is 46.6 Å². The van der Waals surface area contributed by atoms with E-state index in [9.17, 15) is 17.2 Å². The maximum absolute atomic E-state index is 13.1. The number of hydrogen-bond donors (Lipinski definition) is 0. The molecule has 158 valence electrons. The maximum Gasteiger partial charge on any atom is 0.257 e. The van der Waals surface area contributed by atoms with Crippen LogP contribution in [0.5, 0.6) is 5.75 Å². The van der Waals surface area contributed by atoms with Gasteiger partial charge in [-0.05, 0) is 87.2 Å². The molecule has 1 aliphatic heterocycles. The molecule has 3 rings (SSSR count). The van der Waals surface area contributed by atoms with Gasteiger partial charge in [0.1, 0.15) is 5.75 Å². The molecular weight excluding hydrogens is 384 g/mol. The van der Waals surface area contributed by atoms with E-state index in [0.29, 0.717) is 22.7 Å². The smallest absolute Gasteiger partial charge is 0.257 e. The fourth-order valence-corrected chi connectivity index (χ4v) is 5.33. The van der Waals surface area contributed by atoms with Crippen LogP contribution < -0.4 is 4.74 Å². The molecule has 2 fully saturated rings. The Balaban J connectivity index is 1.31. The van der Waals surface area contributed by atoms with Crippen molar-refractivity contribution in [3.8, 4) is 5.75 Å². The van der Waals surface area contributed by atoms with Crippen LogP contribution in [0, 0.1) is 11.3 Å². The molecule has 28 heavy (non-hydrogen) atoms. The van der Waals surface area contributed by atoms with Crippen molar-refractivity contribution in [3.05, 3.63) is 24.3 Å². The summed E-state index contributed by atoms with van der Waals surface area (Å²) in [6, 6.07) is 6.53. The third kappa shape index (κ3) is 5.89. The minimum absolute atomic E-state index is 0.116. The highest BCUT2D eigenvalue weighted by Gasteiger charge is 2.45. The van der Waals surface area contributed by atoms with Crippen LogP contribution in [0.15, 0.2) is 29.2 Å². The number of likely N-dealkylation sites (tertiary alicyclic amines) is 1. The molecule has 0 amide bonds. The molecule has 0 radical (unpaired) electrons. The third-order valence-corrected chi connectivity index (χ3v) is 7.27. The van der Waals surface area contributed by atoms with E-state index in [4.69, 9.17) is 4.74 Å². The predicted octanol–water partition coefficient (Wildman–Crippen LogP) is 4.40. The lowest BCUT2D eigenvalue weighted by molar-refractivity contribution is -0.0581. The van der Waals surface area contributed by atoms with E-state index in [0.717, 1.165) is 51.6 Å². The Morgan fingerprint density at radius 1 is 1.18 bits per heavy atom. The molecule has 0 aromatic heterocycles. The zero-order valence-corrected chi connectivity index (χ0v) is 17.6. The minimum atomic E-state index is -3.17. The van der Waals surface area contributed by atoms with Crippen molar-refractivity contribution in [1.82, 2.24) is 4.90 Å². The number of halogens is 2. The Labute approximate surface area is 167 Å². The number of sulfone groups is 1. The summed E-state index contributed by atoms with van der Waals surface area (Å²) in [5.41, 5.74) is 0.395. The third-order valence-electron chi connectivity index (χ3n) is 6.14. The highest BCUT2D eigenvalue weighted by atomic mass is 32.2. The summed E-state index contributed by atoms with van der Waals surface area (Å²) in [6.45, 7) is 3.10. The number of benzene rings is 1. The van der Waals surface area contributed by atoms with Gasteiger partial charge in [0.05, 0.1) is 18.0 Å². The van der Waals surface area contributed by atoms with E-state index in [1.165, 1.54) is 19.1 Å². The summed E-state index contributed by atoms with van der Waals surface area (Å²) in [5, 5.41) is 0. The van der Waals surface area contributed by atoms with Crippen LogP contribution in [-0.4, -0.2) is 51.7 Å². The van der Waals surface area contributed by atoms with Gasteiger partial charge in [-0.15, -0.1) is 0 Å². The number of piperidine rings is 1. The van der Waals surface area contributed by atoms with E-state index in [-0.39, 0.29) is 6.54 Å². The van der Waals surface area contributed by atoms with Crippen LogP contribution >= 0.6 is 0 Å². The summed E-state index contributed by atoms with van der Waals surface area (Å²) >= 11 is 0. The quantitative estimate of drug-likeness (QED) is 0.591. The van der Waals surface area contributed by atoms with Gasteiger partial charge in [0, 0.05) is 13.2 Å². The largest absolute Gasteiger partial charge is 0.494 e. The first kappa shape index (κ1) is 21.5. The van der Waals surface area contributed by atoms with Crippen LogP contribution in [0.2, 0.25) is 0 Å². The zero-order chi connectivity index (χ0) is 20.4. The highest BCUT2D eigenvalue weighted by Crippen LogP contribution is 2.54. The first-order chi connectivity index (χ1) is 13.0. The fourth-order valence-electron chi connectivity index (χ4n) is 4.70. The molecule has 1 saturated heterocycles. The zero-order valence-electron chi connectivity index (χ0n) is 16.8. The van der Waals surface area contributed by atoms with E-state index in [2.05, 4.69) is 0 Å². The molecule has 1 aliphatic carbocycles. The predicted molar refractivity (Wildman–Crippen MR) is 106 cm³/mol. The molecule has 2 aliphatic rings. The van der Waals surface area contributed by atoms with E-state index >= 15 is 0 Å². The summed E-state index contributed by atoms with van der Waals surface area (Å²) in [5.74, 6) is -1.19. The summed E-state index contributed by atoms with van der Waals surface area (Å²) in [7, 11) is -3.17. The SMILES string of the molecule is CC(F)(F)CN1CCC2(CC1)CC(CCCOc1ccc(S(C)(=O)=O)cc1)C2. The molecule has 0 unspecified atom stereocenters. The van der Waals surface area contributed by atoms with Crippen molar-refractivity contribution >= 4 is 9.84 Å². The Morgan fingerprint density at radius 3 is 2.32 bits per heavy atom. The van der Waals surface area contributed by atoms with Gasteiger partial charge in [0.25, 0.3) is 5.92 Å². The second kappa shape index (κ2) is 8.27. The molecule has 4 nitrogen and oxygen atoms in total. The molecule has 7 heteroatoms. The molecule has 0 N–H and O–H groups in total. The molecular formula is C21H31F2NO3S. The lowest BCUT2D eigenvalue weighted by atomic mass is 9.56. The minimum Gasteiger partial charge on any atom is -0.494 e. The van der Waals surface area contributed by atoms with Gasteiger partial charge in [0.2, 0.25) is 0 Å². The normalized spacial score (nSPS) is 20.9. The number of rotatable bonds is 8. The average molecular weight is 416 g/mol. The van der Waals surface area contributed by atoms with Crippen molar-refractivity contribution in [2.75, 3.05) is 32.5 Å². The Kier molecular flexibility index (Phi) is 6.35. The first-order valence-electron chi connectivity index (χ1n) is 10.1. The van der Waals surface area contributed by atoms with Crippen LogP contribution in [0.4, 0.5) is 8.78 Å². The van der Waals surface area contributed by atoms with Gasteiger partial charge in [-0.2, -0.15) is 0 Å². The molecule has 1 heterocycles. The molecule has 1 saturated carbocycles. The van der Waals surface area contributed by atoms with Crippen molar-refractivity contribution in [2.24, 2.45) is 11.3 Å². The molecule has 0 bridgehead atoms. The molecule has 1 aromatic carbocycles. The van der Waals surface area contributed by atoms with E-state index < -0.39 is 15.8 Å². The fraction of sp³-hybridized carbons (Fsp3) is 0.714. The van der Waals surface area contributed by atoms with Gasteiger partial charge in [-0.3, -0.25) is 4.90 Å². The van der Waals surface area contributed by atoms with Gasteiger partial charge < -0.3 is 4.74 Å².